The van der Waals surface area contributed by atoms with Crippen LogP contribution in [0, 0.1) is 6.92 Å². The summed E-state index contributed by atoms with van der Waals surface area (Å²) in [6.07, 6.45) is 3.99. The predicted octanol–water partition coefficient (Wildman–Crippen LogP) is 7.22. The maximum atomic E-state index is 4.74. The first kappa shape index (κ1) is 18.9. The van der Waals surface area contributed by atoms with Crippen LogP contribution in [-0.2, 0) is 6.42 Å². The van der Waals surface area contributed by atoms with E-state index in [1.165, 1.54) is 27.7 Å². The second-order valence-electron chi connectivity index (χ2n) is 7.55. The molecule has 1 heterocycles. The number of aliphatic imine (C=N–C) groups is 1. The Balaban J connectivity index is 1.48. The van der Waals surface area contributed by atoms with Crippen LogP contribution in [0.25, 0.3) is 16.6 Å². The topological polar surface area (TPSA) is 17.3 Å². The summed E-state index contributed by atoms with van der Waals surface area (Å²) in [5, 5.41) is 1.26. The van der Waals surface area contributed by atoms with E-state index in [0.29, 0.717) is 0 Å². The molecule has 3 aromatic carbocycles. The molecule has 4 aromatic rings. The van der Waals surface area contributed by atoms with Gasteiger partial charge in [-0.1, -0.05) is 49.0 Å². The number of hydrogen-bond donors (Lipinski definition) is 0. The molecule has 4 rings (SSSR count). The summed E-state index contributed by atoms with van der Waals surface area (Å²) in [6.45, 7) is 8.40. The predicted molar refractivity (Wildman–Crippen MR) is 125 cm³/mol. The fourth-order valence-corrected chi connectivity index (χ4v) is 3.62. The van der Waals surface area contributed by atoms with E-state index in [4.69, 9.17) is 4.99 Å². The molecule has 29 heavy (non-hydrogen) atoms. The maximum absolute atomic E-state index is 4.74. The Kier molecular flexibility index (Phi) is 5.44. The van der Waals surface area contributed by atoms with Gasteiger partial charge in [0.2, 0.25) is 0 Å². The van der Waals surface area contributed by atoms with Gasteiger partial charge in [-0.3, -0.25) is 4.99 Å². The summed E-state index contributed by atoms with van der Waals surface area (Å²) >= 11 is 0. The standard InChI is InChI=1S/C27H26N2/c1-20-8-6-11-25(18-20)28-22(3)21(2)14-15-23-9-7-12-26(19-23)29-17-16-24-10-4-5-13-27(24)29/h4-13,16-19H,2,14-15H2,1,3H3. The van der Waals surface area contributed by atoms with Crippen molar-refractivity contribution in [3.63, 3.8) is 0 Å². The number of benzene rings is 3. The molecule has 0 saturated carbocycles. The van der Waals surface area contributed by atoms with Crippen LogP contribution in [-0.4, -0.2) is 10.3 Å². The summed E-state index contributed by atoms with van der Waals surface area (Å²) in [4.78, 5) is 4.74. The van der Waals surface area contributed by atoms with Crippen molar-refractivity contribution in [2.75, 3.05) is 0 Å². The second-order valence-corrected chi connectivity index (χ2v) is 7.55. The second kappa shape index (κ2) is 8.32. The number of rotatable bonds is 6. The molecule has 0 atom stereocenters. The number of fused-ring (bicyclic) bond motifs is 1. The van der Waals surface area contributed by atoms with Crippen LogP contribution >= 0.6 is 0 Å². The van der Waals surface area contributed by atoms with Crippen LogP contribution in [0.15, 0.2) is 102 Å². The minimum atomic E-state index is 0.900. The first-order valence-corrected chi connectivity index (χ1v) is 10.1. The molecule has 0 fully saturated rings. The Morgan fingerprint density at radius 3 is 2.62 bits per heavy atom. The molecule has 2 heteroatoms. The Labute approximate surface area is 172 Å². The van der Waals surface area contributed by atoms with Crippen molar-refractivity contribution >= 4 is 22.3 Å². The van der Waals surface area contributed by atoms with Crippen LogP contribution in [0.1, 0.15) is 24.5 Å². The lowest BCUT2D eigenvalue weighted by Crippen LogP contribution is -1.99. The van der Waals surface area contributed by atoms with Gasteiger partial charge in [-0.05, 0) is 85.2 Å². The van der Waals surface area contributed by atoms with Crippen molar-refractivity contribution in [1.82, 2.24) is 4.57 Å². The number of aromatic nitrogens is 1. The van der Waals surface area contributed by atoms with E-state index in [1.54, 1.807) is 0 Å². The van der Waals surface area contributed by atoms with Crippen molar-refractivity contribution in [3.05, 3.63) is 108 Å². The Hall–Kier alpha value is -3.39. The van der Waals surface area contributed by atoms with Crippen molar-refractivity contribution < 1.29 is 0 Å². The Bertz CT molecular complexity index is 1190. The van der Waals surface area contributed by atoms with Gasteiger partial charge >= 0.3 is 0 Å². The minimum Gasteiger partial charge on any atom is -0.317 e. The van der Waals surface area contributed by atoms with Crippen molar-refractivity contribution in [1.29, 1.82) is 0 Å². The highest BCUT2D eigenvalue weighted by Crippen LogP contribution is 2.22. The zero-order valence-corrected chi connectivity index (χ0v) is 17.1. The molecule has 144 valence electrons. The molecule has 0 aliphatic carbocycles. The van der Waals surface area contributed by atoms with E-state index in [2.05, 4.69) is 91.0 Å². The fourth-order valence-electron chi connectivity index (χ4n) is 3.62. The highest BCUT2D eigenvalue weighted by molar-refractivity contribution is 5.99. The molecule has 0 spiro atoms. The van der Waals surface area contributed by atoms with E-state index in [9.17, 15) is 0 Å². The average molecular weight is 379 g/mol. The first-order valence-electron chi connectivity index (χ1n) is 10.1. The van der Waals surface area contributed by atoms with E-state index in [-0.39, 0.29) is 0 Å². The molecule has 1 aromatic heterocycles. The van der Waals surface area contributed by atoms with E-state index in [1.807, 2.05) is 19.1 Å². The molecule has 0 radical (unpaired) electrons. The number of aryl methyl sites for hydroxylation is 2. The zero-order chi connectivity index (χ0) is 20.2. The molecule has 0 saturated heterocycles. The minimum absolute atomic E-state index is 0.900. The van der Waals surface area contributed by atoms with Crippen LogP contribution < -0.4 is 0 Å². The monoisotopic (exact) mass is 378 g/mol. The zero-order valence-electron chi connectivity index (χ0n) is 17.1. The van der Waals surface area contributed by atoms with Gasteiger partial charge < -0.3 is 4.57 Å². The van der Waals surface area contributed by atoms with E-state index >= 15 is 0 Å². The van der Waals surface area contributed by atoms with Crippen molar-refractivity contribution in [3.8, 4) is 5.69 Å². The molecule has 0 N–H and O–H groups in total. The molecule has 2 nitrogen and oxygen atoms in total. The fraction of sp³-hybridized carbons (Fsp3) is 0.148. The molecular formula is C27H26N2. The number of allylic oxidation sites excluding steroid dienone is 1. The third-order valence-corrected chi connectivity index (χ3v) is 5.31. The van der Waals surface area contributed by atoms with Gasteiger partial charge in [0.25, 0.3) is 0 Å². The quantitative estimate of drug-likeness (QED) is 0.315. The van der Waals surface area contributed by atoms with E-state index < -0.39 is 0 Å². The Morgan fingerprint density at radius 2 is 1.76 bits per heavy atom. The molecule has 0 amide bonds. The van der Waals surface area contributed by atoms with Gasteiger partial charge in [-0.15, -0.1) is 0 Å². The van der Waals surface area contributed by atoms with Crippen LogP contribution in [0.5, 0.6) is 0 Å². The number of hydrogen-bond acceptors (Lipinski definition) is 1. The van der Waals surface area contributed by atoms with Crippen LogP contribution in [0.3, 0.4) is 0 Å². The normalized spacial score (nSPS) is 11.7. The lowest BCUT2D eigenvalue weighted by Gasteiger charge is -2.10. The van der Waals surface area contributed by atoms with Crippen LogP contribution in [0.4, 0.5) is 5.69 Å². The lowest BCUT2D eigenvalue weighted by molar-refractivity contribution is 0.971. The van der Waals surface area contributed by atoms with Gasteiger partial charge in [0.05, 0.1) is 11.2 Å². The SMILES string of the molecule is C=C(CCc1cccc(-n2ccc3ccccc32)c1)C(C)=Nc1cccc(C)c1. The van der Waals surface area contributed by atoms with Gasteiger partial charge in [-0.25, -0.2) is 0 Å². The van der Waals surface area contributed by atoms with Gasteiger partial charge in [-0.2, -0.15) is 0 Å². The highest BCUT2D eigenvalue weighted by atomic mass is 15.0. The van der Waals surface area contributed by atoms with Gasteiger partial charge in [0.15, 0.2) is 0 Å². The van der Waals surface area contributed by atoms with Crippen molar-refractivity contribution in [2.24, 2.45) is 4.99 Å². The Morgan fingerprint density at radius 1 is 0.931 bits per heavy atom. The lowest BCUT2D eigenvalue weighted by atomic mass is 10.0. The van der Waals surface area contributed by atoms with Crippen LogP contribution in [0.2, 0.25) is 0 Å². The van der Waals surface area contributed by atoms with Gasteiger partial charge in [0, 0.05) is 17.6 Å². The summed E-state index contributed by atoms with van der Waals surface area (Å²) in [5.74, 6) is 0. The summed E-state index contributed by atoms with van der Waals surface area (Å²) in [7, 11) is 0. The third-order valence-electron chi connectivity index (χ3n) is 5.31. The molecule has 0 aliphatic rings. The third kappa shape index (κ3) is 4.38. The maximum Gasteiger partial charge on any atom is 0.0635 e. The summed E-state index contributed by atoms with van der Waals surface area (Å²) in [6, 6.07) is 27.7. The molecule has 0 unspecified atom stereocenters. The highest BCUT2D eigenvalue weighted by Gasteiger charge is 2.05. The smallest absolute Gasteiger partial charge is 0.0635 e. The molecule has 0 aliphatic heterocycles. The first-order chi connectivity index (χ1) is 14.1. The number of nitrogens with zero attached hydrogens (tertiary/aromatic N) is 2. The van der Waals surface area contributed by atoms with Gasteiger partial charge in [0.1, 0.15) is 0 Å². The number of para-hydroxylation sites is 1. The summed E-state index contributed by atoms with van der Waals surface area (Å²) < 4.78 is 2.25. The molecule has 0 bridgehead atoms. The van der Waals surface area contributed by atoms with Crippen molar-refractivity contribution in [2.45, 2.75) is 26.7 Å². The largest absolute Gasteiger partial charge is 0.317 e. The average Bonchev–Trinajstić information content (AvgIpc) is 3.16. The summed E-state index contributed by atoms with van der Waals surface area (Å²) in [5.41, 5.74) is 8.04. The van der Waals surface area contributed by atoms with E-state index in [0.717, 1.165) is 29.8 Å². The molecular weight excluding hydrogens is 352 g/mol.